The van der Waals surface area contributed by atoms with E-state index < -0.39 is 0 Å². The van der Waals surface area contributed by atoms with E-state index in [0.29, 0.717) is 19.6 Å². The minimum absolute atomic E-state index is 0.0551. The number of urea groups is 1. The largest absolute Gasteiger partial charge is 0.362 e. The first-order valence-corrected chi connectivity index (χ1v) is 8.63. The highest BCUT2D eigenvalue weighted by molar-refractivity contribution is 5.97. The second-order valence-corrected chi connectivity index (χ2v) is 6.54. The highest BCUT2D eigenvalue weighted by Gasteiger charge is 2.32. The average Bonchev–Trinajstić information content (AvgIpc) is 3.09. The van der Waals surface area contributed by atoms with Gasteiger partial charge in [-0.2, -0.15) is 0 Å². The molecule has 25 heavy (non-hydrogen) atoms. The smallest absolute Gasteiger partial charge is 0.324 e. The summed E-state index contributed by atoms with van der Waals surface area (Å²) in [5.74, 6) is 0. The van der Waals surface area contributed by atoms with Gasteiger partial charge in [-0.1, -0.05) is 12.1 Å². The maximum absolute atomic E-state index is 12.9. The molecule has 1 atom stereocenters. The van der Waals surface area contributed by atoms with Crippen molar-refractivity contribution < 1.29 is 4.79 Å². The summed E-state index contributed by atoms with van der Waals surface area (Å²) in [6.45, 7) is 3.48. The van der Waals surface area contributed by atoms with Crippen LogP contribution in [-0.4, -0.2) is 53.1 Å². The molecule has 1 aromatic carbocycles. The standard InChI is InChI=1S/C18H22N6O/c19-14-5-8-23(12-14)18(25)24-10-9-22(13-15-11-20-6-7-21-15)16-3-1-2-4-17(16)24/h1-4,6-7,11,14H,5,8-10,12-13,19H2/t14-/m0/s1. The number of aromatic nitrogens is 2. The summed E-state index contributed by atoms with van der Waals surface area (Å²) in [6, 6.07) is 8.19. The Balaban J connectivity index is 1.57. The molecule has 0 bridgehead atoms. The summed E-state index contributed by atoms with van der Waals surface area (Å²) < 4.78 is 0. The fraction of sp³-hybridized carbons (Fsp3) is 0.389. The Labute approximate surface area is 147 Å². The molecule has 0 spiro atoms. The van der Waals surface area contributed by atoms with Gasteiger partial charge in [0.05, 0.1) is 29.8 Å². The van der Waals surface area contributed by atoms with Crippen LogP contribution in [0.2, 0.25) is 0 Å². The molecule has 2 amide bonds. The molecule has 0 radical (unpaired) electrons. The number of amides is 2. The minimum Gasteiger partial charge on any atom is -0.362 e. The number of anilines is 2. The van der Waals surface area contributed by atoms with Crippen LogP contribution in [0.1, 0.15) is 12.1 Å². The Morgan fingerprint density at radius 1 is 1.16 bits per heavy atom. The van der Waals surface area contributed by atoms with Gasteiger partial charge in [-0.25, -0.2) is 4.79 Å². The van der Waals surface area contributed by atoms with Crippen LogP contribution >= 0.6 is 0 Å². The second kappa shape index (κ2) is 6.68. The zero-order valence-electron chi connectivity index (χ0n) is 14.1. The van der Waals surface area contributed by atoms with Gasteiger partial charge in [0.15, 0.2) is 0 Å². The van der Waals surface area contributed by atoms with Crippen LogP contribution in [0.3, 0.4) is 0 Å². The van der Waals surface area contributed by atoms with E-state index >= 15 is 0 Å². The van der Waals surface area contributed by atoms with Crippen LogP contribution in [0.5, 0.6) is 0 Å². The highest BCUT2D eigenvalue weighted by atomic mass is 16.2. The first kappa shape index (κ1) is 15.8. The fourth-order valence-electron chi connectivity index (χ4n) is 3.52. The van der Waals surface area contributed by atoms with Crippen molar-refractivity contribution in [1.29, 1.82) is 0 Å². The van der Waals surface area contributed by atoms with Gasteiger partial charge in [0, 0.05) is 44.6 Å². The van der Waals surface area contributed by atoms with E-state index in [1.165, 1.54) is 0 Å². The van der Waals surface area contributed by atoms with Gasteiger partial charge in [-0.15, -0.1) is 0 Å². The molecule has 0 aliphatic carbocycles. The molecule has 0 unspecified atom stereocenters. The second-order valence-electron chi connectivity index (χ2n) is 6.54. The van der Waals surface area contributed by atoms with E-state index in [1.54, 1.807) is 18.6 Å². The SMILES string of the molecule is N[C@H]1CCN(C(=O)N2CCN(Cc3cnccn3)c3ccccc32)C1. The number of carbonyl (C=O) groups is 1. The van der Waals surface area contributed by atoms with Gasteiger partial charge in [0.1, 0.15) is 0 Å². The molecular formula is C18H22N6O. The Morgan fingerprint density at radius 3 is 2.72 bits per heavy atom. The van der Waals surface area contributed by atoms with Crippen LogP contribution in [0, 0.1) is 0 Å². The highest BCUT2D eigenvalue weighted by Crippen LogP contribution is 2.34. The van der Waals surface area contributed by atoms with Gasteiger partial charge < -0.3 is 15.5 Å². The third-order valence-corrected chi connectivity index (χ3v) is 4.80. The van der Waals surface area contributed by atoms with Crippen LogP contribution in [0.15, 0.2) is 42.9 Å². The Hall–Kier alpha value is -2.67. The van der Waals surface area contributed by atoms with E-state index in [-0.39, 0.29) is 12.1 Å². The van der Waals surface area contributed by atoms with Crippen molar-refractivity contribution >= 4 is 17.4 Å². The lowest BCUT2D eigenvalue weighted by Crippen LogP contribution is -2.49. The molecule has 1 fully saturated rings. The van der Waals surface area contributed by atoms with E-state index in [4.69, 9.17) is 5.73 Å². The van der Waals surface area contributed by atoms with Crippen molar-refractivity contribution in [3.05, 3.63) is 48.5 Å². The summed E-state index contributed by atoms with van der Waals surface area (Å²) in [6.07, 6.45) is 6.04. The number of benzene rings is 1. The number of rotatable bonds is 2. The van der Waals surface area contributed by atoms with Crippen LogP contribution in [0.4, 0.5) is 16.2 Å². The number of para-hydroxylation sites is 2. The molecule has 1 aromatic heterocycles. The molecule has 130 valence electrons. The van der Waals surface area contributed by atoms with Gasteiger partial charge in [-0.05, 0) is 18.6 Å². The van der Waals surface area contributed by atoms with Crippen molar-refractivity contribution in [2.24, 2.45) is 5.73 Å². The molecule has 2 N–H and O–H groups in total. The van der Waals surface area contributed by atoms with E-state index in [9.17, 15) is 4.79 Å². The summed E-state index contributed by atoms with van der Waals surface area (Å²) >= 11 is 0. The average molecular weight is 338 g/mol. The van der Waals surface area contributed by atoms with Crippen molar-refractivity contribution in [3.8, 4) is 0 Å². The van der Waals surface area contributed by atoms with E-state index in [2.05, 4.69) is 20.9 Å². The first-order valence-electron chi connectivity index (χ1n) is 8.63. The van der Waals surface area contributed by atoms with Crippen LogP contribution < -0.4 is 15.5 Å². The Bertz CT molecular complexity index is 752. The molecule has 7 heteroatoms. The van der Waals surface area contributed by atoms with Gasteiger partial charge in [0.2, 0.25) is 0 Å². The number of nitrogens with two attached hydrogens (primary N) is 1. The molecule has 7 nitrogen and oxygen atoms in total. The fourth-order valence-corrected chi connectivity index (χ4v) is 3.52. The summed E-state index contributed by atoms with van der Waals surface area (Å²) in [5.41, 5.74) is 8.88. The summed E-state index contributed by atoms with van der Waals surface area (Å²) in [4.78, 5) is 27.4. The molecule has 3 heterocycles. The quantitative estimate of drug-likeness (QED) is 0.897. The Morgan fingerprint density at radius 2 is 2.00 bits per heavy atom. The van der Waals surface area contributed by atoms with Crippen LogP contribution in [0.25, 0.3) is 0 Å². The number of nitrogens with zero attached hydrogens (tertiary/aromatic N) is 5. The molecule has 4 rings (SSSR count). The third kappa shape index (κ3) is 3.15. The predicted molar refractivity (Wildman–Crippen MR) is 96.4 cm³/mol. The molecule has 2 aromatic rings. The van der Waals surface area contributed by atoms with E-state index in [0.717, 1.165) is 36.6 Å². The number of likely N-dealkylation sites (tertiary alicyclic amines) is 1. The zero-order valence-corrected chi connectivity index (χ0v) is 14.1. The molecule has 2 aliphatic heterocycles. The maximum Gasteiger partial charge on any atom is 0.324 e. The molecule has 1 saturated heterocycles. The first-order chi connectivity index (χ1) is 12.2. The third-order valence-electron chi connectivity index (χ3n) is 4.80. The van der Waals surface area contributed by atoms with Gasteiger partial charge in [0.25, 0.3) is 0 Å². The normalized spacial score (nSPS) is 19.9. The number of hydrogen-bond donors (Lipinski definition) is 1. The van der Waals surface area contributed by atoms with Crippen molar-refractivity contribution in [1.82, 2.24) is 14.9 Å². The van der Waals surface area contributed by atoms with Gasteiger partial charge in [-0.3, -0.25) is 14.9 Å². The number of fused-ring (bicyclic) bond motifs is 1. The molecule has 0 saturated carbocycles. The monoisotopic (exact) mass is 338 g/mol. The van der Waals surface area contributed by atoms with Crippen LogP contribution in [-0.2, 0) is 6.54 Å². The minimum atomic E-state index is 0.0551. The number of carbonyl (C=O) groups excluding carboxylic acids is 1. The predicted octanol–water partition coefficient (Wildman–Crippen LogP) is 1.46. The molecule has 2 aliphatic rings. The number of hydrogen-bond acceptors (Lipinski definition) is 5. The van der Waals surface area contributed by atoms with E-state index in [1.807, 2.05) is 28.0 Å². The summed E-state index contributed by atoms with van der Waals surface area (Å²) in [5, 5.41) is 0. The van der Waals surface area contributed by atoms with Crippen molar-refractivity contribution in [2.45, 2.75) is 19.0 Å². The lowest BCUT2D eigenvalue weighted by molar-refractivity contribution is 0.214. The lowest BCUT2D eigenvalue weighted by atomic mass is 10.1. The summed E-state index contributed by atoms with van der Waals surface area (Å²) in [7, 11) is 0. The van der Waals surface area contributed by atoms with Crippen molar-refractivity contribution in [3.63, 3.8) is 0 Å². The topological polar surface area (TPSA) is 78.6 Å². The Kier molecular flexibility index (Phi) is 4.23. The van der Waals surface area contributed by atoms with Crippen molar-refractivity contribution in [2.75, 3.05) is 36.0 Å². The zero-order chi connectivity index (χ0) is 17.2. The molecular weight excluding hydrogens is 316 g/mol. The maximum atomic E-state index is 12.9. The lowest BCUT2D eigenvalue weighted by Gasteiger charge is -2.39. The van der Waals surface area contributed by atoms with Gasteiger partial charge >= 0.3 is 6.03 Å².